The van der Waals surface area contributed by atoms with E-state index in [2.05, 4.69) is 4.98 Å². The van der Waals surface area contributed by atoms with Crippen LogP contribution in [0, 0.1) is 0 Å². The number of rotatable bonds is 2. The average molecular weight is 167 g/mol. The molecule has 0 aliphatic heterocycles. The number of H-pyrrole nitrogens is 1. The third-order valence-electron chi connectivity index (χ3n) is 1.61. The van der Waals surface area contributed by atoms with Crippen LogP contribution in [0.1, 0.15) is 23.0 Å². The van der Waals surface area contributed by atoms with Gasteiger partial charge in [-0.05, 0) is 6.42 Å². The maximum absolute atomic E-state index is 11.1. The number of hydrogen-bond donors (Lipinski definition) is 2. The van der Waals surface area contributed by atoms with Crippen LogP contribution >= 0.6 is 0 Å². The Morgan fingerprint density at radius 2 is 2.33 bits per heavy atom. The summed E-state index contributed by atoms with van der Waals surface area (Å²) < 4.78 is 0. The van der Waals surface area contributed by atoms with Crippen molar-refractivity contribution in [2.45, 2.75) is 13.3 Å². The number of hydrogen-bond acceptors (Lipinski definition) is 2. The summed E-state index contributed by atoms with van der Waals surface area (Å²) in [5, 5.41) is 8.50. The van der Waals surface area contributed by atoms with Crippen molar-refractivity contribution >= 4 is 5.97 Å². The summed E-state index contributed by atoms with van der Waals surface area (Å²) in [5.74, 6) is -1.12. The Balaban J connectivity index is 3.19. The van der Waals surface area contributed by atoms with E-state index in [1.54, 1.807) is 0 Å². The number of aromatic nitrogens is 1. The lowest BCUT2D eigenvalue weighted by Gasteiger charge is -1.96. The fourth-order valence-electron chi connectivity index (χ4n) is 0.901. The molecule has 1 rings (SSSR count). The molecule has 0 aliphatic carbocycles. The number of carboxylic acids is 1. The Bertz CT molecular complexity index is 354. The average Bonchev–Trinajstić information content (AvgIpc) is 2.04. The zero-order valence-corrected chi connectivity index (χ0v) is 6.63. The van der Waals surface area contributed by atoms with Crippen LogP contribution in [0.4, 0.5) is 0 Å². The van der Waals surface area contributed by atoms with Crippen LogP contribution in [0.25, 0.3) is 0 Å². The molecule has 4 heteroatoms. The molecule has 64 valence electrons. The molecular formula is C8H9NO3. The molecule has 0 radical (unpaired) electrons. The first-order valence-corrected chi connectivity index (χ1v) is 3.60. The van der Waals surface area contributed by atoms with Crippen molar-refractivity contribution in [2.24, 2.45) is 0 Å². The third kappa shape index (κ3) is 1.53. The van der Waals surface area contributed by atoms with E-state index >= 15 is 0 Å². The SMILES string of the molecule is CCc1c[nH]c(C(=O)O)cc1=O. The second-order valence-electron chi connectivity index (χ2n) is 2.39. The highest BCUT2D eigenvalue weighted by molar-refractivity contribution is 5.85. The van der Waals surface area contributed by atoms with E-state index in [1.165, 1.54) is 6.20 Å². The molecule has 12 heavy (non-hydrogen) atoms. The molecule has 0 saturated carbocycles. The number of aryl methyl sites for hydroxylation is 1. The van der Waals surface area contributed by atoms with Crippen LogP contribution in [0.5, 0.6) is 0 Å². The Morgan fingerprint density at radius 1 is 1.67 bits per heavy atom. The molecular weight excluding hydrogens is 158 g/mol. The summed E-state index contributed by atoms with van der Waals surface area (Å²) in [4.78, 5) is 24.0. The van der Waals surface area contributed by atoms with Gasteiger partial charge in [-0.3, -0.25) is 4.79 Å². The Morgan fingerprint density at radius 3 is 2.75 bits per heavy atom. The Labute approximate surface area is 68.9 Å². The van der Waals surface area contributed by atoms with Crippen molar-refractivity contribution in [1.29, 1.82) is 0 Å². The highest BCUT2D eigenvalue weighted by atomic mass is 16.4. The zero-order chi connectivity index (χ0) is 9.14. The number of aromatic carboxylic acids is 1. The second-order valence-corrected chi connectivity index (χ2v) is 2.39. The smallest absolute Gasteiger partial charge is 0.352 e. The summed E-state index contributed by atoms with van der Waals surface area (Å²) in [5.41, 5.74) is 0.297. The number of aromatic amines is 1. The molecule has 0 amide bonds. The van der Waals surface area contributed by atoms with E-state index in [-0.39, 0.29) is 11.1 Å². The number of nitrogens with one attached hydrogen (secondary N) is 1. The van der Waals surface area contributed by atoms with Crippen molar-refractivity contribution in [1.82, 2.24) is 4.98 Å². The van der Waals surface area contributed by atoms with Gasteiger partial charge in [0.05, 0.1) is 0 Å². The van der Waals surface area contributed by atoms with E-state index in [0.29, 0.717) is 12.0 Å². The first kappa shape index (κ1) is 8.52. The molecule has 4 nitrogen and oxygen atoms in total. The van der Waals surface area contributed by atoms with Crippen LogP contribution in [0.3, 0.4) is 0 Å². The lowest BCUT2D eigenvalue weighted by Crippen LogP contribution is -2.12. The second kappa shape index (κ2) is 3.21. The minimum Gasteiger partial charge on any atom is -0.477 e. The first-order valence-electron chi connectivity index (χ1n) is 3.60. The third-order valence-corrected chi connectivity index (χ3v) is 1.61. The quantitative estimate of drug-likeness (QED) is 0.678. The van der Waals surface area contributed by atoms with Crippen molar-refractivity contribution in [2.75, 3.05) is 0 Å². The van der Waals surface area contributed by atoms with Gasteiger partial charge in [0, 0.05) is 17.8 Å². The van der Waals surface area contributed by atoms with Gasteiger partial charge in [-0.15, -0.1) is 0 Å². The predicted octanol–water partition coefficient (Wildman–Crippen LogP) is 0.635. The van der Waals surface area contributed by atoms with E-state index in [9.17, 15) is 9.59 Å². The van der Waals surface area contributed by atoms with Gasteiger partial charge in [-0.25, -0.2) is 4.79 Å². The number of carbonyl (C=O) groups is 1. The van der Waals surface area contributed by atoms with Crippen LogP contribution in [0.2, 0.25) is 0 Å². The molecule has 1 aromatic heterocycles. The summed E-state index contributed by atoms with van der Waals surface area (Å²) in [6.07, 6.45) is 2.04. The van der Waals surface area contributed by atoms with E-state index in [0.717, 1.165) is 6.07 Å². The molecule has 0 fully saturated rings. The van der Waals surface area contributed by atoms with Gasteiger partial charge >= 0.3 is 5.97 Å². The zero-order valence-electron chi connectivity index (χ0n) is 6.63. The summed E-state index contributed by atoms with van der Waals surface area (Å²) in [6, 6.07) is 1.10. The van der Waals surface area contributed by atoms with Gasteiger partial charge in [-0.1, -0.05) is 6.92 Å². The van der Waals surface area contributed by atoms with Gasteiger partial charge in [-0.2, -0.15) is 0 Å². The summed E-state index contributed by atoms with van der Waals surface area (Å²) in [7, 11) is 0. The van der Waals surface area contributed by atoms with Gasteiger partial charge in [0.2, 0.25) is 0 Å². The van der Waals surface area contributed by atoms with Crippen LogP contribution in [-0.4, -0.2) is 16.1 Å². The first-order chi connectivity index (χ1) is 5.65. The maximum atomic E-state index is 11.1. The Hall–Kier alpha value is -1.58. The van der Waals surface area contributed by atoms with E-state index < -0.39 is 5.97 Å². The molecule has 0 saturated heterocycles. The van der Waals surface area contributed by atoms with E-state index in [1.807, 2.05) is 6.92 Å². The van der Waals surface area contributed by atoms with Crippen molar-refractivity contribution in [3.05, 3.63) is 33.7 Å². The Kier molecular flexibility index (Phi) is 2.28. The fourth-order valence-corrected chi connectivity index (χ4v) is 0.901. The minimum absolute atomic E-state index is 0.0720. The highest BCUT2D eigenvalue weighted by Crippen LogP contribution is 1.93. The monoisotopic (exact) mass is 167 g/mol. The highest BCUT2D eigenvalue weighted by Gasteiger charge is 2.04. The molecule has 0 aliphatic rings. The summed E-state index contributed by atoms with van der Waals surface area (Å²) >= 11 is 0. The molecule has 0 aromatic carbocycles. The van der Waals surface area contributed by atoms with Gasteiger partial charge in [0.1, 0.15) is 5.69 Å². The van der Waals surface area contributed by atoms with Crippen LogP contribution in [-0.2, 0) is 6.42 Å². The predicted molar refractivity (Wildman–Crippen MR) is 43.4 cm³/mol. The largest absolute Gasteiger partial charge is 0.477 e. The fraction of sp³-hybridized carbons (Fsp3) is 0.250. The van der Waals surface area contributed by atoms with Crippen molar-refractivity contribution in [3.63, 3.8) is 0 Å². The number of pyridine rings is 1. The van der Waals surface area contributed by atoms with Gasteiger partial charge < -0.3 is 10.1 Å². The lowest BCUT2D eigenvalue weighted by molar-refractivity contribution is 0.0690. The molecule has 2 N–H and O–H groups in total. The molecule has 0 bridgehead atoms. The standard InChI is InChI=1S/C8H9NO3/c1-2-5-4-9-6(8(11)12)3-7(5)10/h3-4H,2H2,1H3,(H,9,10)(H,11,12). The van der Waals surface area contributed by atoms with Crippen LogP contribution in [0.15, 0.2) is 17.1 Å². The summed E-state index contributed by atoms with van der Waals surface area (Å²) in [6.45, 7) is 1.84. The molecule has 0 spiro atoms. The normalized spacial score (nSPS) is 9.75. The van der Waals surface area contributed by atoms with Crippen molar-refractivity contribution < 1.29 is 9.90 Å². The minimum atomic E-state index is -1.12. The lowest BCUT2D eigenvalue weighted by atomic mass is 10.2. The van der Waals surface area contributed by atoms with Crippen LogP contribution < -0.4 is 5.43 Å². The molecule has 0 unspecified atom stereocenters. The molecule has 0 atom stereocenters. The van der Waals surface area contributed by atoms with Gasteiger partial charge in [0.15, 0.2) is 5.43 Å². The number of carboxylic acid groups (broad SMARTS) is 1. The topological polar surface area (TPSA) is 70.2 Å². The maximum Gasteiger partial charge on any atom is 0.352 e. The molecule has 1 aromatic rings. The van der Waals surface area contributed by atoms with E-state index in [4.69, 9.17) is 5.11 Å². The van der Waals surface area contributed by atoms with Gasteiger partial charge in [0.25, 0.3) is 0 Å². The van der Waals surface area contributed by atoms with Crippen molar-refractivity contribution in [3.8, 4) is 0 Å². The molecule has 1 heterocycles.